The largest absolute Gasteiger partial charge is 0.480 e. The Morgan fingerprint density at radius 1 is 1.56 bits per heavy atom. The van der Waals surface area contributed by atoms with Gasteiger partial charge in [-0.15, -0.1) is 10.2 Å². The van der Waals surface area contributed by atoms with Crippen LogP contribution in [0.3, 0.4) is 0 Å². The van der Waals surface area contributed by atoms with Gasteiger partial charge in [0.05, 0.1) is 13.1 Å². The van der Waals surface area contributed by atoms with Crippen molar-refractivity contribution in [1.82, 2.24) is 15.1 Å². The SMILES string of the molecule is Cc1nnc(CN(CC(=O)O)CC2CC2)o1. The Morgan fingerprint density at radius 3 is 2.81 bits per heavy atom. The van der Waals surface area contributed by atoms with Crippen molar-refractivity contribution in [3.05, 3.63) is 11.8 Å². The molecular formula is C10H15N3O3. The van der Waals surface area contributed by atoms with Crippen LogP contribution in [0.15, 0.2) is 4.42 Å². The number of carboxylic acid groups (broad SMARTS) is 1. The van der Waals surface area contributed by atoms with Gasteiger partial charge in [0, 0.05) is 13.5 Å². The third-order valence-electron chi connectivity index (χ3n) is 2.50. The maximum Gasteiger partial charge on any atom is 0.317 e. The molecule has 6 heteroatoms. The first-order valence-corrected chi connectivity index (χ1v) is 5.36. The fraction of sp³-hybridized carbons (Fsp3) is 0.700. The van der Waals surface area contributed by atoms with Crippen molar-refractivity contribution in [2.75, 3.05) is 13.1 Å². The van der Waals surface area contributed by atoms with Gasteiger partial charge >= 0.3 is 5.97 Å². The highest BCUT2D eigenvalue weighted by atomic mass is 16.4. The highest BCUT2D eigenvalue weighted by Crippen LogP contribution is 2.30. The van der Waals surface area contributed by atoms with Crippen LogP contribution in [0.1, 0.15) is 24.6 Å². The second-order valence-electron chi connectivity index (χ2n) is 4.22. The second-order valence-corrected chi connectivity index (χ2v) is 4.22. The van der Waals surface area contributed by atoms with E-state index in [0.29, 0.717) is 24.2 Å². The van der Waals surface area contributed by atoms with Gasteiger partial charge < -0.3 is 9.52 Å². The number of aliphatic carboxylic acids is 1. The third kappa shape index (κ3) is 3.30. The number of aryl methyl sites for hydroxylation is 1. The van der Waals surface area contributed by atoms with Crippen molar-refractivity contribution in [2.45, 2.75) is 26.3 Å². The highest BCUT2D eigenvalue weighted by molar-refractivity contribution is 5.69. The van der Waals surface area contributed by atoms with E-state index >= 15 is 0 Å². The molecule has 0 saturated heterocycles. The van der Waals surface area contributed by atoms with Crippen molar-refractivity contribution in [2.24, 2.45) is 5.92 Å². The molecule has 1 aromatic rings. The van der Waals surface area contributed by atoms with Gasteiger partial charge in [-0.1, -0.05) is 0 Å². The van der Waals surface area contributed by atoms with Gasteiger partial charge in [-0.05, 0) is 18.8 Å². The van der Waals surface area contributed by atoms with Crippen LogP contribution in [-0.4, -0.2) is 39.3 Å². The highest BCUT2D eigenvalue weighted by Gasteiger charge is 2.26. The van der Waals surface area contributed by atoms with E-state index in [1.165, 1.54) is 12.8 Å². The maximum atomic E-state index is 10.7. The molecule has 1 saturated carbocycles. The molecule has 1 aliphatic carbocycles. The Kier molecular flexibility index (Phi) is 3.19. The van der Waals surface area contributed by atoms with Crippen LogP contribution in [0.5, 0.6) is 0 Å². The predicted molar refractivity (Wildman–Crippen MR) is 54.7 cm³/mol. The van der Waals surface area contributed by atoms with Crippen LogP contribution < -0.4 is 0 Å². The second kappa shape index (κ2) is 4.61. The minimum Gasteiger partial charge on any atom is -0.480 e. The van der Waals surface area contributed by atoms with Crippen molar-refractivity contribution >= 4 is 5.97 Å². The fourth-order valence-electron chi connectivity index (χ4n) is 1.63. The lowest BCUT2D eigenvalue weighted by atomic mass is 10.3. The summed E-state index contributed by atoms with van der Waals surface area (Å²) in [6.45, 7) is 2.97. The molecule has 2 rings (SSSR count). The van der Waals surface area contributed by atoms with E-state index in [1.54, 1.807) is 6.92 Å². The fourth-order valence-corrected chi connectivity index (χ4v) is 1.63. The van der Waals surface area contributed by atoms with Crippen LogP contribution in [0.4, 0.5) is 0 Å². The van der Waals surface area contributed by atoms with E-state index in [4.69, 9.17) is 9.52 Å². The number of hydrogen-bond donors (Lipinski definition) is 1. The normalized spacial score (nSPS) is 15.6. The molecule has 1 aliphatic rings. The van der Waals surface area contributed by atoms with E-state index in [1.807, 2.05) is 4.90 Å². The van der Waals surface area contributed by atoms with Gasteiger partial charge in [0.2, 0.25) is 11.8 Å². The van der Waals surface area contributed by atoms with Crippen molar-refractivity contribution in [1.29, 1.82) is 0 Å². The van der Waals surface area contributed by atoms with Gasteiger partial charge in [0.15, 0.2) is 0 Å². The average molecular weight is 225 g/mol. The number of carbonyl (C=O) groups is 1. The topological polar surface area (TPSA) is 79.5 Å². The summed E-state index contributed by atoms with van der Waals surface area (Å²) in [6.07, 6.45) is 2.39. The minimum absolute atomic E-state index is 0.0257. The lowest BCUT2D eigenvalue weighted by molar-refractivity contribution is -0.138. The van der Waals surface area contributed by atoms with E-state index in [9.17, 15) is 4.79 Å². The number of aromatic nitrogens is 2. The Morgan fingerprint density at radius 2 is 2.31 bits per heavy atom. The molecule has 16 heavy (non-hydrogen) atoms. The molecule has 1 fully saturated rings. The lowest BCUT2D eigenvalue weighted by Gasteiger charge is -2.17. The molecule has 0 aliphatic heterocycles. The zero-order valence-electron chi connectivity index (χ0n) is 9.22. The molecule has 0 bridgehead atoms. The summed E-state index contributed by atoms with van der Waals surface area (Å²) in [5.74, 6) is 0.816. The molecule has 0 aromatic carbocycles. The minimum atomic E-state index is -0.822. The molecular weight excluding hydrogens is 210 g/mol. The van der Waals surface area contributed by atoms with Gasteiger partial charge in [0.25, 0.3) is 0 Å². The van der Waals surface area contributed by atoms with Crippen molar-refractivity contribution in [3.63, 3.8) is 0 Å². The van der Waals surface area contributed by atoms with Gasteiger partial charge in [-0.3, -0.25) is 9.69 Å². The smallest absolute Gasteiger partial charge is 0.317 e. The molecule has 0 amide bonds. The summed E-state index contributed by atoms with van der Waals surface area (Å²) in [6, 6.07) is 0. The van der Waals surface area contributed by atoms with Gasteiger partial charge in [-0.2, -0.15) is 0 Å². The Hall–Kier alpha value is -1.43. The van der Waals surface area contributed by atoms with Crippen LogP contribution in [0, 0.1) is 12.8 Å². The van der Waals surface area contributed by atoms with Crippen molar-refractivity contribution < 1.29 is 14.3 Å². The van der Waals surface area contributed by atoms with Gasteiger partial charge in [-0.25, -0.2) is 0 Å². The molecule has 0 radical (unpaired) electrons. The standard InChI is InChI=1S/C10H15N3O3/c1-7-11-12-9(16-7)5-13(6-10(14)15)4-8-2-3-8/h8H,2-6H2,1H3,(H,14,15). The molecule has 6 nitrogen and oxygen atoms in total. The summed E-state index contributed by atoms with van der Waals surface area (Å²) < 4.78 is 5.24. The zero-order chi connectivity index (χ0) is 11.5. The van der Waals surface area contributed by atoms with E-state index in [0.717, 1.165) is 6.54 Å². The third-order valence-corrected chi connectivity index (χ3v) is 2.50. The first kappa shape index (κ1) is 11.1. The Labute approximate surface area is 93.3 Å². The average Bonchev–Trinajstić information content (AvgIpc) is 2.89. The molecule has 1 aromatic heterocycles. The summed E-state index contributed by atoms with van der Waals surface area (Å²) in [7, 11) is 0. The zero-order valence-corrected chi connectivity index (χ0v) is 9.22. The van der Waals surface area contributed by atoms with E-state index < -0.39 is 5.97 Å². The monoisotopic (exact) mass is 225 g/mol. The molecule has 0 unspecified atom stereocenters. The number of carboxylic acids is 1. The molecule has 0 atom stereocenters. The lowest BCUT2D eigenvalue weighted by Crippen LogP contribution is -2.31. The Bertz CT molecular complexity index is 373. The van der Waals surface area contributed by atoms with Crippen LogP contribution in [-0.2, 0) is 11.3 Å². The van der Waals surface area contributed by atoms with Crippen LogP contribution >= 0.6 is 0 Å². The molecule has 1 heterocycles. The van der Waals surface area contributed by atoms with Crippen LogP contribution in [0.2, 0.25) is 0 Å². The quantitative estimate of drug-likeness (QED) is 0.766. The van der Waals surface area contributed by atoms with Crippen molar-refractivity contribution in [3.8, 4) is 0 Å². The first-order chi connectivity index (χ1) is 7.63. The summed E-state index contributed by atoms with van der Waals surface area (Å²) in [4.78, 5) is 12.5. The first-order valence-electron chi connectivity index (χ1n) is 5.36. The van der Waals surface area contributed by atoms with Crippen LogP contribution in [0.25, 0.3) is 0 Å². The summed E-state index contributed by atoms with van der Waals surface area (Å²) in [5, 5.41) is 16.4. The number of rotatable bonds is 6. The summed E-state index contributed by atoms with van der Waals surface area (Å²) >= 11 is 0. The molecule has 0 spiro atoms. The number of hydrogen-bond acceptors (Lipinski definition) is 5. The van der Waals surface area contributed by atoms with Gasteiger partial charge in [0.1, 0.15) is 0 Å². The summed E-state index contributed by atoms with van der Waals surface area (Å²) in [5.41, 5.74) is 0. The Balaban J connectivity index is 1.91. The van der Waals surface area contributed by atoms with E-state index in [2.05, 4.69) is 10.2 Å². The maximum absolute atomic E-state index is 10.7. The predicted octanol–water partition coefficient (Wildman–Crippen LogP) is 0.675. The molecule has 1 N–H and O–H groups in total. The van der Waals surface area contributed by atoms with E-state index in [-0.39, 0.29) is 6.54 Å². The molecule has 88 valence electrons. The number of nitrogens with zero attached hydrogens (tertiary/aromatic N) is 3.